The fourth-order valence-electron chi connectivity index (χ4n) is 1.70. The van der Waals surface area contributed by atoms with Gasteiger partial charge in [0.05, 0.1) is 16.5 Å². The van der Waals surface area contributed by atoms with Crippen molar-refractivity contribution < 1.29 is 9.21 Å². The average molecular weight is 220 g/mol. The number of amides is 1. The molecule has 0 spiro atoms. The van der Waals surface area contributed by atoms with E-state index < -0.39 is 0 Å². The summed E-state index contributed by atoms with van der Waals surface area (Å²) in [5.74, 6) is 1.03. The topological polar surface area (TPSA) is 94.0 Å². The standard InChI is InChI=1S/C10H12N4O2/c1-4-7-5(2)16-10(12-6(3)15)8(7)9(11)14-13-4/h1-3H3,(H2,11,14)(H,12,15). The van der Waals surface area contributed by atoms with E-state index in [1.54, 1.807) is 6.92 Å². The fraction of sp³-hybridized carbons (Fsp3) is 0.300. The highest BCUT2D eigenvalue weighted by Crippen LogP contribution is 2.34. The van der Waals surface area contributed by atoms with Crippen LogP contribution in [0.3, 0.4) is 0 Å². The van der Waals surface area contributed by atoms with Crippen molar-refractivity contribution in [2.45, 2.75) is 20.8 Å². The molecule has 6 nitrogen and oxygen atoms in total. The smallest absolute Gasteiger partial charge is 0.223 e. The zero-order valence-electron chi connectivity index (χ0n) is 9.29. The number of nitrogens with zero attached hydrogens (tertiary/aromatic N) is 2. The molecule has 0 aliphatic heterocycles. The fourth-order valence-corrected chi connectivity index (χ4v) is 1.70. The van der Waals surface area contributed by atoms with Crippen LogP contribution < -0.4 is 11.1 Å². The molecule has 6 heteroatoms. The number of nitrogens with one attached hydrogen (secondary N) is 1. The molecule has 0 atom stereocenters. The maximum Gasteiger partial charge on any atom is 0.223 e. The quantitative estimate of drug-likeness (QED) is 0.757. The van der Waals surface area contributed by atoms with Gasteiger partial charge in [0.25, 0.3) is 0 Å². The molecular weight excluding hydrogens is 208 g/mol. The third-order valence-corrected chi connectivity index (χ3v) is 2.30. The van der Waals surface area contributed by atoms with Gasteiger partial charge < -0.3 is 10.2 Å². The van der Waals surface area contributed by atoms with E-state index in [9.17, 15) is 4.79 Å². The first-order valence-electron chi connectivity index (χ1n) is 4.80. The lowest BCUT2D eigenvalue weighted by Gasteiger charge is -2.00. The Bertz CT molecular complexity index is 574. The van der Waals surface area contributed by atoms with Gasteiger partial charge in [0, 0.05) is 6.92 Å². The van der Waals surface area contributed by atoms with Crippen molar-refractivity contribution in [2.75, 3.05) is 11.1 Å². The zero-order chi connectivity index (χ0) is 11.9. The maximum atomic E-state index is 11.0. The Morgan fingerprint density at radius 1 is 1.31 bits per heavy atom. The summed E-state index contributed by atoms with van der Waals surface area (Å²) in [4.78, 5) is 11.0. The molecule has 0 aliphatic carbocycles. The van der Waals surface area contributed by atoms with Gasteiger partial charge in [-0.1, -0.05) is 0 Å². The summed E-state index contributed by atoms with van der Waals surface area (Å²) < 4.78 is 5.45. The summed E-state index contributed by atoms with van der Waals surface area (Å²) in [5, 5.41) is 11.7. The number of rotatable bonds is 1. The van der Waals surface area contributed by atoms with Crippen molar-refractivity contribution in [3.63, 3.8) is 0 Å². The Hall–Kier alpha value is -2.11. The molecule has 0 aromatic carbocycles. The van der Waals surface area contributed by atoms with Crippen molar-refractivity contribution in [3.8, 4) is 0 Å². The molecule has 84 valence electrons. The lowest BCUT2D eigenvalue weighted by molar-refractivity contribution is -0.114. The van der Waals surface area contributed by atoms with Gasteiger partial charge in [-0.25, -0.2) is 0 Å². The molecule has 2 aromatic heterocycles. The number of aryl methyl sites for hydroxylation is 2. The number of nitrogens with two attached hydrogens (primary N) is 1. The van der Waals surface area contributed by atoms with Gasteiger partial charge >= 0.3 is 0 Å². The molecule has 0 saturated carbocycles. The van der Waals surface area contributed by atoms with Crippen LogP contribution in [0.15, 0.2) is 4.42 Å². The molecule has 2 heterocycles. The Balaban J connectivity index is 2.77. The van der Waals surface area contributed by atoms with E-state index in [-0.39, 0.29) is 11.7 Å². The highest BCUT2D eigenvalue weighted by atomic mass is 16.4. The lowest BCUT2D eigenvalue weighted by atomic mass is 10.2. The monoisotopic (exact) mass is 220 g/mol. The van der Waals surface area contributed by atoms with Crippen LogP contribution in [0.25, 0.3) is 10.8 Å². The predicted octanol–water partition coefficient (Wildman–Crippen LogP) is 1.38. The van der Waals surface area contributed by atoms with Crippen LogP contribution >= 0.6 is 0 Å². The number of hydrogen-bond acceptors (Lipinski definition) is 5. The first-order valence-corrected chi connectivity index (χ1v) is 4.80. The molecule has 0 aliphatic rings. The van der Waals surface area contributed by atoms with Crippen LogP contribution in [0.4, 0.5) is 11.7 Å². The van der Waals surface area contributed by atoms with Gasteiger partial charge in [0.2, 0.25) is 11.8 Å². The number of fused-ring (bicyclic) bond motifs is 1. The number of aromatic nitrogens is 2. The minimum atomic E-state index is -0.218. The van der Waals surface area contributed by atoms with E-state index >= 15 is 0 Å². The number of furan rings is 1. The number of hydrogen-bond donors (Lipinski definition) is 2. The second kappa shape index (κ2) is 3.48. The Labute approximate surface area is 91.8 Å². The number of nitrogen functional groups attached to an aromatic ring is 1. The van der Waals surface area contributed by atoms with Crippen LogP contribution in [-0.2, 0) is 4.79 Å². The van der Waals surface area contributed by atoms with E-state index in [4.69, 9.17) is 10.2 Å². The average Bonchev–Trinajstić information content (AvgIpc) is 2.49. The molecule has 2 rings (SSSR count). The van der Waals surface area contributed by atoms with Crippen LogP contribution in [0.5, 0.6) is 0 Å². The van der Waals surface area contributed by atoms with E-state index in [0.717, 1.165) is 11.1 Å². The second-order valence-corrected chi connectivity index (χ2v) is 3.59. The second-order valence-electron chi connectivity index (χ2n) is 3.59. The first kappa shape index (κ1) is 10.4. The van der Waals surface area contributed by atoms with E-state index in [2.05, 4.69) is 15.5 Å². The molecule has 0 fully saturated rings. The molecule has 0 radical (unpaired) electrons. The van der Waals surface area contributed by atoms with E-state index in [0.29, 0.717) is 17.0 Å². The molecule has 16 heavy (non-hydrogen) atoms. The van der Waals surface area contributed by atoms with Crippen molar-refractivity contribution in [3.05, 3.63) is 11.5 Å². The van der Waals surface area contributed by atoms with Gasteiger partial charge in [-0.2, -0.15) is 5.10 Å². The number of carbonyl (C=O) groups excluding carboxylic acids is 1. The lowest BCUT2D eigenvalue weighted by Crippen LogP contribution is -2.06. The summed E-state index contributed by atoms with van der Waals surface area (Å²) in [6.07, 6.45) is 0. The van der Waals surface area contributed by atoms with E-state index in [1.807, 2.05) is 6.92 Å². The Kier molecular flexibility index (Phi) is 2.26. The summed E-state index contributed by atoms with van der Waals surface area (Å²) in [6, 6.07) is 0. The largest absolute Gasteiger partial charge is 0.444 e. The molecule has 2 aromatic rings. The highest BCUT2D eigenvalue weighted by Gasteiger charge is 2.17. The maximum absolute atomic E-state index is 11.0. The summed E-state index contributed by atoms with van der Waals surface area (Å²) >= 11 is 0. The van der Waals surface area contributed by atoms with Crippen molar-refractivity contribution >= 4 is 28.4 Å². The first-order chi connectivity index (χ1) is 7.50. The van der Waals surface area contributed by atoms with E-state index in [1.165, 1.54) is 6.92 Å². The van der Waals surface area contributed by atoms with Gasteiger partial charge in [-0.15, -0.1) is 5.10 Å². The Morgan fingerprint density at radius 2 is 2.00 bits per heavy atom. The molecule has 0 bridgehead atoms. The van der Waals surface area contributed by atoms with Gasteiger partial charge in [-0.05, 0) is 13.8 Å². The molecule has 0 unspecified atom stereocenters. The SMILES string of the molecule is CC(=O)Nc1oc(C)c2c(C)nnc(N)c12. The normalized spacial score (nSPS) is 10.7. The van der Waals surface area contributed by atoms with Gasteiger partial charge in [-0.3, -0.25) is 10.1 Å². The number of carbonyl (C=O) groups is 1. The third-order valence-electron chi connectivity index (χ3n) is 2.30. The summed E-state index contributed by atoms with van der Waals surface area (Å²) in [6.45, 7) is 5.01. The molecule has 3 N–H and O–H groups in total. The molecular formula is C10H12N4O2. The molecule has 0 saturated heterocycles. The Morgan fingerprint density at radius 3 is 2.62 bits per heavy atom. The van der Waals surface area contributed by atoms with Crippen molar-refractivity contribution in [2.24, 2.45) is 0 Å². The minimum Gasteiger partial charge on any atom is -0.444 e. The minimum absolute atomic E-state index is 0.218. The van der Waals surface area contributed by atoms with Crippen molar-refractivity contribution in [1.29, 1.82) is 0 Å². The summed E-state index contributed by atoms with van der Waals surface area (Å²) in [5.41, 5.74) is 6.45. The summed E-state index contributed by atoms with van der Waals surface area (Å²) in [7, 11) is 0. The third kappa shape index (κ3) is 1.48. The zero-order valence-corrected chi connectivity index (χ0v) is 9.29. The van der Waals surface area contributed by atoms with Crippen LogP contribution in [0.1, 0.15) is 18.4 Å². The molecule has 1 amide bonds. The van der Waals surface area contributed by atoms with Gasteiger partial charge in [0.15, 0.2) is 5.82 Å². The van der Waals surface area contributed by atoms with Crippen LogP contribution in [0.2, 0.25) is 0 Å². The predicted molar refractivity (Wildman–Crippen MR) is 60.0 cm³/mol. The van der Waals surface area contributed by atoms with Crippen LogP contribution in [-0.4, -0.2) is 16.1 Å². The number of anilines is 2. The van der Waals surface area contributed by atoms with Crippen LogP contribution in [0, 0.1) is 13.8 Å². The van der Waals surface area contributed by atoms with Gasteiger partial charge in [0.1, 0.15) is 5.76 Å². The van der Waals surface area contributed by atoms with Crippen molar-refractivity contribution in [1.82, 2.24) is 10.2 Å². The highest BCUT2D eigenvalue weighted by molar-refractivity contribution is 6.05.